The van der Waals surface area contributed by atoms with E-state index >= 15 is 0 Å². The number of amides is 1. The lowest BCUT2D eigenvalue weighted by Gasteiger charge is -2.39. The van der Waals surface area contributed by atoms with E-state index in [0.29, 0.717) is 13.1 Å². The fourth-order valence-electron chi connectivity index (χ4n) is 1.90. The highest BCUT2D eigenvalue weighted by Crippen LogP contribution is 2.25. The van der Waals surface area contributed by atoms with E-state index in [1.54, 1.807) is 4.90 Å². The van der Waals surface area contributed by atoms with Crippen LogP contribution in [0.25, 0.3) is 0 Å². The SMILES string of the molecule is CC(C)(C)OC(=O)N1CC(n2cc(C(C)(C)C)nn2)C1. The zero-order valence-electron chi connectivity index (χ0n) is 13.2. The minimum Gasteiger partial charge on any atom is -0.444 e. The Bertz CT molecular complexity index is 490. The molecule has 0 radical (unpaired) electrons. The monoisotopic (exact) mass is 280 g/mol. The van der Waals surface area contributed by atoms with Crippen LogP contribution >= 0.6 is 0 Å². The van der Waals surface area contributed by atoms with Crippen LogP contribution in [0.2, 0.25) is 0 Å². The molecule has 1 amide bonds. The van der Waals surface area contributed by atoms with Crippen LogP contribution in [0.3, 0.4) is 0 Å². The zero-order valence-corrected chi connectivity index (χ0v) is 13.2. The highest BCUT2D eigenvalue weighted by Gasteiger charge is 2.35. The summed E-state index contributed by atoms with van der Waals surface area (Å²) in [6, 6.07) is 0.200. The summed E-state index contributed by atoms with van der Waals surface area (Å²) in [4.78, 5) is 13.5. The van der Waals surface area contributed by atoms with Crippen molar-refractivity contribution in [1.29, 1.82) is 0 Å². The molecule has 1 aliphatic heterocycles. The number of nitrogens with zero attached hydrogens (tertiary/aromatic N) is 4. The highest BCUT2D eigenvalue weighted by molar-refractivity contribution is 5.69. The largest absolute Gasteiger partial charge is 0.444 e. The number of carbonyl (C=O) groups excluding carboxylic acids is 1. The van der Waals surface area contributed by atoms with Crippen molar-refractivity contribution >= 4 is 6.09 Å². The number of ether oxygens (including phenoxy) is 1. The summed E-state index contributed by atoms with van der Waals surface area (Å²) >= 11 is 0. The fourth-order valence-corrected chi connectivity index (χ4v) is 1.90. The Hall–Kier alpha value is -1.59. The molecule has 1 aliphatic rings. The molecule has 0 aliphatic carbocycles. The van der Waals surface area contributed by atoms with E-state index < -0.39 is 5.60 Å². The normalized spacial score (nSPS) is 17.0. The Morgan fingerprint density at radius 2 is 1.85 bits per heavy atom. The second kappa shape index (κ2) is 4.75. The molecule has 20 heavy (non-hydrogen) atoms. The molecule has 2 rings (SSSR count). The van der Waals surface area contributed by atoms with Crippen molar-refractivity contribution in [2.75, 3.05) is 13.1 Å². The molecule has 6 heteroatoms. The van der Waals surface area contributed by atoms with Crippen LogP contribution in [-0.2, 0) is 10.2 Å². The molecule has 0 unspecified atom stereocenters. The predicted molar refractivity (Wildman–Crippen MR) is 75.6 cm³/mol. The van der Waals surface area contributed by atoms with Crippen molar-refractivity contribution in [3.63, 3.8) is 0 Å². The molecule has 112 valence electrons. The highest BCUT2D eigenvalue weighted by atomic mass is 16.6. The quantitative estimate of drug-likeness (QED) is 0.792. The van der Waals surface area contributed by atoms with Crippen molar-refractivity contribution in [1.82, 2.24) is 19.9 Å². The van der Waals surface area contributed by atoms with E-state index in [9.17, 15) is 4.79 Å². The summed E-state index contributed by atoms with van der Waals surface area (Å²) in [6.07, 6.45) is 1.71. The Labute approximate surface area is 120 Å². The first-order chi connectivity index (χ1) is 9.06. The van der Waals surface area contributed by atoms with Gasteiger partial charge in [-0.05, 0) is 20.8 Å². The van der Waals surface area contributed by atoms with E-state index in [2.05, 4.69) is 31.1 Å². The lowest BCUT2D eigenvalue weighted by Crippen LogP contribution is -2.52. The molecular weight excluding hydrogens is 256 g/mol. The van der Waals surface area contributed by atoms with Gasteiger partial charge in [-0.3, -0.25) is 0 Å². The summed E-state index contributed by atoms with van der Waals surface area (Å²) in [5.41, 5.74) is 0.509. The Kier molecular flexibility index (Phi) is 3.52. The van der Waals surface area contributed by atoms with Crippen LogP contribution in [0.4, 0.5) is 4.79 Å². The number of hydrogen-bond donors (Lipinski definition) is 0. The summed E-state index contributed by atoms with van der Waals surface area (Å²) < 4.78 is 7.18. The van der Waals surface area contributed by atoms with Crippen molar-refractivity contribution in [3.8, 4) is 0 Å². The predicted octanol–water partition coefficient (Wildman–Crippen LogP) is 2.37. The van der Waals surface area contributed by atoms with Crippen LogP contribution in [-0.4, -0.2) is 44.7 Å². The zero-order chi connectivity index (χ0) is 15.1. The second-order valence-electron chi connectivity index (χ2n) is 7.37. The molecular formula is C14H24N4O2. The molecule has 0 atom stereocenters. The Morgan fingerprint density at radius 3 is 2.30 bits per heavy atom. The summed E-state index contributed by atoms with van der Waals surface area (Å²) in [5, 5.41) is 8.36. The number of hydrogen-bond acceptors (Lipinski definition) is 4. The molecule has 1 fully saturated rings. The van der Waals surface area contributed by atoms with Gasteiger partial charge in [0.1, 0.15) is 5.60 Å². The molecule has 1 saturated heterocycles. The molecule has 0 saturated carbocycles. The second-order valence-corrected chi connectivity index (χ2v) is 7.37. The number of aromatic nitrogens is 3. The summed E-state index contributed by atoms with van der Waals surface area (Å²) in [5.74, 6) is 0. The van der Waals surface area contributed by atoms with E-state index in [4.69, 9.17) is 4.74 Å². The number of rotatable bonds is 1. The van der Waals surface area contributed by atoms with Crippen molar-refractivity contribution < 1.29 is 9.53 Å². The first-order valence-electron chi connectivity index (χ1n) is 6.96. The third-order valence-corrected chi connectivity index (χ3v) is 3.17. The van der Waals surface area contributed by atoms with Gasteiger partial charge in [0.15, 0.2) is 0 Å². The molecule has 6 nitrogen and oxygen atoms in total. The molecule has 1 aromatic rings. The third kappa shape index (κ3) is 3.29. The lowest BCUT2D eigenvalue weighted by atomic mass is 9.93. The molecule has 0 bridgehead atoms. The maximum Gasteiger partial charge on any atom is 0.410 e. The lowest BCUT2D eigenvalue weighted by molar-refractivity contribution is -0.000621. The van der Waals surface area contributed by atoms with E-state index in [1.165, 1.54) is 0 Å². The van der Waals surface area contributed by atoms with Crippen LogP contribution in [0.15, 0.2) is 6.20 Å². The van der Waals surface area contributed by atoms with Gasteiger partial charge in [-0.15, -0.1) is 5.10 Å². The van der Waals surface area contributed by atoms with Crippen LogP contribution in [0.5, 0.6) is 0 Å². The average Bonchev–Trinajstić information content (AvgIpc) is 2.60. The minimum atomic E-state index is -0.450. The molecule has 0 aromatic carbocycles. The van der Waals surface area contributed by atoms with Gasteiger partial charge in [0.2, 0.25) is 0 Å². The van der Waals surface area contributed by atoms with Crippen molar-refractivity contribution in [2.24, 2.45) is 0 Å². The summed E-state index contributed by atoms with van der Waals surface area (Å²) in [7, 11) is 0. The van der Waals surface area contributed by atoms with Crippen molar-refractivity contribution in [2.45, 2.75) is 58.6 Å². The van der Waals surface area contributed by atoms with Crippen LogP contribution in [0, 0.1) is 0 Å². The van der Waals surface area contributed by atoms with Gasteiger partial charge in [0.25, 0.3) is 0 Å². The minimum absolute atomic E-state index is 0.00709. The number of carbonyl (C=O) groups is 1. The fraction of sp³-hybridized carbons (Fsp3) is 0.786. The van der Waals surface area contributed by atoms with E-state index in [1.807, 2.05) is 31.6 Å². The smallest absolute Gasteiger partial charge is 0.410 e. The van der Waals surface area contributed by atoms with Crippen molar-refractivity contribution in [3.05, 3.63) is 11.9 Å². The Balaban J connectivity index is 1.90. The van der Waals surface area contributed by atoms with Gasteiger partial charge in [0, 0.05) is 24.7 Å². The topological polar surface area (TPSA) is 60.2 Å². The number of likely N-dealkylation sites (tertiary alicyclic amines) is 1. The van der Waals surface area contributed by atoms with Gasteiger partial charge in [-0.25, -0.2) is 9.48 Å². The average molecular weight is 280 g/mol. The maximum absolute atomic E-state index is 11.8. The van der Waals surface area contributed by atoms with Gasteiger partial charge >= 0.3 is 6.09 Å². The molecule has 1 aromatic heterocycles. The first-order valence-corrected chi connectivity index (χ1v) is 6.96. The summed E-state index contributed by atoms with van der Waals surface area (Å²) in [6.45, 7) is 13.2. The Morgan fingerprint density at radius 1 is 1.25 bits per heavy atom. The molecule has 0 N–H and O–H groups in total. The first kappa shape index (κ1) is 14.8. The van der Waals surface area contributed by atoms with E-state index in [-0.39, 0.29) is 17.6 Å². The molecule has 2 heterocycles. The van der Waals surface area contributed by atoms with Gasteiger partial charge in [0.05, 0.1) is 11.7 Å². The van der Waals surface area contributed by atoms with Gasteiger partial charge in [-0.2, -0.15) is 0 Å². The van der Waals surface area contributed by atoms with Crippen LogP contribution in [0.1, 0.15) is 53.3 Å². The molecule has 0 spiro atoms. The van der Waals surface area contributed by atoms with Gasteiger partial charge in [-0.1, -0.05) is 26.0 Å². The van der Waals surface area contributed by atoms with Crippen LogP contribution < -0.4 is 0 Å². The maximum atomic E-state index is 11.8. The third-order valence-electron chi connectivity index (χ3n) is 3.17. The van der Waals surface area contributed by atoms with E-state index in [0.717, 1.165) is 5.69 Å². The standard InChI is InChI=1S/C14H24N4O2/c1-13(2,3)11-9-18(16-15-11)10-7-17(8-10)12(19)20-14(4,5)6/h9-10H,7-8H2,1-6H3. The van der Waals surface area contributed by atoms with Gasteiger partial charge < -0.3 is 9.64 Å².